The van der Waals surface area contributed by atoms with Gasteiger partial charge in [0.25, 0.3) is 0 Å². The summed E-state index contributed by atoms with van der Waals surface area (Å²) in [4.78, 5) is 22.3. The summed E-state index contributed by atoms with van der Waals surface area (Å²) in [5, 5.41) is 9.44. The minimum Gasteiger partial charge on any atom is -0.370 e. The van der Waals surface area contributed by atoms with Crippen molar-refractivity contribution >= 4 is 17.7 Å². The zero-order chi connectivity index (χ0) is 22.5. The maximum Gasteiger partial charge on any atom is 0.417 e. The standard InChI is InChI=1S/C21H33F3N6O/c1-2-25-20(28-13-7-15-30-14-5-3-4-8-19(30)31)27-12-6-11-26-18-10-9-17(16-29-18)21(22,23)24/h9-10,16H,2-8,11-15H2,1H3,(H,26,29)(H2,25,27,28). The number of carbonyl (C=O) groups excluding carboxylic acids is 1. The van der Waals surface area contributed by atoms with Crippen LogP contribution in [0.3, 0.4) is 0 Å². The van der Waals surface area contributed by atoms with E-state index in [2.05, 4.69) is 25.9 Å². The number of hydrogen-bond acceptors (Lipinski definition) is 4. The van der Waals surface area contributed by atoms with Crippen LogP contribution in [-0.2, 0) is 11.0 Å². The maximum atomic E-state index is 12.5. The Bertz CT molecular complexity index is 693. The molecule has 1 aromatic heterocycles. The number of pyridine rings is 1. The van der Waals surface area contributed by atoms with Gasteiger partial charge in [0.05, 0.1) is 5.56 Å². The Morgan fingerprint density at radius 1 is 1.16 bits per heavy atom. The Balaban J connectivity index is 1.65. The Hall–Kier alpha value is -2.52. The molecule has 0 atom stereocenters. The molecule has 3 N–H and O–H groups in total. The van der Waals surface area contributed by atoms with E-state index >= 15 is 0 Å². The first-order valence-electron chi connectivity index (χ1n) is 11.0. The van der Waals surface area contributed by atoms with Crippen LogP contribution in [-0.4, -0.2) is 61.0 Å². The molecule has 7 nitrogen and oxygen atoms in total. The number of alkyl halides is 3. The molecule has 2 rings (SSSR count). The van der Waals surface area contributed by atoms with Gasteiger partial charge >= 0.3 is 6.18 Å². The van der Waals surface area contributed by atoms with Crippen molar-refractivity contribution < 1.29 is 18.0 Å². The Morgan fingerprint density at radius 3 is 2.71 bits per heavy atom. The number of carbonyl (C=O) groups is 1. The first-order valence-corrected chi connectivity index (χ1v) is 11.0. The lowest BCUT2D eigenvalue weighted by molar-refractivity contribution is -0.137. The zero-order valence-electron chi connectivity index (χ0n) is 18.1. The molecule has 0 aliphatic carbocycles. The van der Waals surface area contributed by atoms with Crippen LogP contribution in [0.25, 0.3) is 0 Å². The minimum atomic E-state index is -4.37. The molecule has 1 aromatic rings. The van der Waals surface area contributed by atoms with Crippen LogP contribution in [0.4, 0.5) is 19.0 Å². The van der Waals surface area contributed by atoms with Crippen molar-refractivity contribution in [2.24, 2.45) is 4.99 Å². The number of anilines is 1. The van der Waals surface area contributed by atoms with Crippen molar-refractivity contribution in [2.75, 3.05) is 44.6 Å². The van der Waals surface area contributed by atoms with E-state index in [0.717, 1.165) is 70.0 Å². The largest absolute Gasteiger partial charge is 0.417 e. The van der Waals surface area contributed by atoms with Gasteiger partial charge in [-0.15, -0.1) is 0 Å². The summed E-state index contributed by atoms with van der Waals surface area (Å²) in [5.41, 5.74) is -0.758. The first kappa shape index (κ1) is 24.7. The van der Waals surface area contributed by atoms with E-state index in [-0.39, 0.29) is 5.91 Å². The smallest absolute Gasteiger partial charge is 0.370 e. The van der Waals surface area contributed by atoms with Gasteiger partial charge in [0.1, 0.15) is 5.82 Å². The quantitative estimate of drug-likeness (QED) is 0.294. The highest BCUT2D eigenvalue weighted by molar-refractivity contribution is 5.79. The van der Waals surface area contributed by atoms with Gasteiger partial charge in [-0.3, -0.25) is 9.79 Å². The summed E-state index contributed by atoms with van der Waals surface area (Å²) in [6.07, 6.45) is 1.87. The Labute approximate surface area is 181 Å². The number of nitrogens with one attached hydrogen (secondary N) is 3. The summed E-state index contributed by atoms with van der Waals surface area (Å²) < 4.78 is 37.6. The highest BCUT2D eigenvalue weighted by atomic mass is 19.4. The van der Waals surface area contributed by atoms with Crippen molar-refractivity contribution in [1.29, 1.82) is 0 Å². The molecule has 0 aromatic carbocycles. The van der Waals surface area contributed by atoms with E-state index in [1.165, 1.54) is 6.07 Å². The second-order valence-electron chi connectivity index (χ2n) is 7.44. The van der Waals surface area contributed by atoms with Crippen LogP contribution in [0.15, 0.2) is 23.3 Å². The Kier molecular flexibility index (Phi) is 10.4. The lowest BCUT2D eigenvalue weighted by Crippen LogP contribution is -2.38. The number of hydrogen-bond donors (Lipinski definition) is 3. The number of rotatable bonds is 10. The molecule has 1 fully saturated rings. The van der Waals surface area contributed by atoms with E-state index in [1.807, 2.05) is 11.8 Å². The van der Waals surface area contributed by atoms with E-state index in [1.54, 1.807) is 0 Å². The number of likely N-dealkylation sites (tertiary alicyclic amines) is 1. The topological polar surface area (TPSA) is 81.7 Å². The number of aromatic nitrogens is 1. The highest BCUT2D eigenvalue weighted by Crippen LogP contribution is 2.28. The predicted molar refractivity (Wildman–Crippen MR) is 116 cm³/mol. The minimum absolute atomic E-state index is 0.251. The van der Waals surface area contributed by atoms with Gasteiger partial charge in [0.2, 0.25) is 5.91 Å². The van der Waals surface area contributed by atoms with Crippen LogP contribution in [0, 0.1) is 0 Å². The summed E-state index contributed by atoms with van der Waals surface area (Å²) >= 11 is 0. The third kappa shape index (κ3) is 9.44. The van der Waals surface area contributed by atoms with Crippen LogP contribution in [0.1, 0.15) is 51.0 Å². The number of nitrogens with zero attached hydrogens (tertiary/aromatic N) is 3. The van der Waals surface area contributed by atoms with Crippen LogP contribution in [0.2, 0.25) is 0 Å². The zero-order valence-corrected chi connectivity index (χ0v) is 18.1. The number of aliphatic imine (C=N–C) groups is 1. The number of guanidine groups is 1. The van der Waals surface area contributed by atoms with E-state index in [0.29, 0.717) is 31.9 Å². The van der Waals surface area contributed by atoms with Crippen molar-refractivity contribution in [1.82, 2.24) is 20.5 Å². The SMILES string of the molecule is CCNC(=NCCCN1CCCCCC1=O)NCCCNc1ccc(C(F)(F)F)cn1. The maximum absolute atomic E-state index is 12.5. The molecule has 0 bridgehead atoms. The van der Waals surface area contributed by atoms with Crippen LogP contribution in [0.5, 0.6) is 0 Å². The molecule has 10 heteroatoms. The van der Waals surface area contributed by atoms with E-state index in [9.17, 15) is 18.0 Å². The van der Waals surface area contributed by atoms with E-state index in [4.69, 9.17) is 0 Å². The van der Waals surface area contributed by atoms with Gasteiger partial charge in [-0.2, -0.15) is 13.2 Å². The summed E-state index contributed by atoms with van der Waals surface area (Å²) in [6, 6.07) is 2.35. The number of halogens is 3. The van der Waals surface area contributed by atoms with Gasteiger partial charge in [0.15, 0.2) is 5.96 Å². The lowest BCUT2D eigenvalue weighted by Gasteiger charge is -2.20. The third-order valence-corrected chi connectivity index (χ3v) is 4.91. The summed E-state index contributed by atoms with van der Waals surface area (Å²) in [5.74, 6) is 1.38. The number of amides is 1. The molecule has 0 spiro atoms. The predicted octanol–water partition coefficient (Wildman–Crippen LogP) is 3.25. The normalized spacial score (nSPS) is 15.5. The molecular formula is C21H33F3N6O. The van der Waals surface area contributed by atoms with Crippen LogP contribution >= 0.6 is 0 Å². The molecule has 31 heavy (non-hydrogen) atoms. The molecule has 174 valence electrons. The van der Waals surface area contributed by atoms with E-state index < -0.39 is 11.7 Å². The third-order valence-electron chi connectivity index (χ3n) is 4.91. The van der Waals surface area contributed by atoms with Gasteiger partial charge in [-0.1, -0.05) is 6.42 Å². The van der Waals surface area contributed by atoms with Gasteiger partial charge in [-0.05, 0) is 44.7 Å². The van der Waals surface area contributed by atoms with Crippen LogP contribution < -0.4 is 16.0 Å². The second kappa shape index (κ2) is 13.0. The molecular weight excluding hydrogens is 409 g/mol. The molecule has 0 saturated carbocycles. The van der Waals surface area contributed by atoms with Crippen molar-refractivity contribution in [3.8, 4) is 0 Å². The van der Waals surface area contributed by atoms with Gasteiger partial charge < -0.3 is 20.9 Å². The highest BCUT2D eigenvalue weighted by Gasteiger charge is 2.30. The van der Waals surface area contributed by atoms with Gasteiger partial charge in [0, 0.05) is 51.9 Å². The molecule has 1 aliphatic heterocycles. The fourth-order valence-electron chi connectivity index (χ4n) is 3.25. The molecule has 1 saturated heterocycles. The molecule has 2 heterocycles. The lowest BCUT2D eigenvalue weighted by atomic mass is 10.2. The second-order valence-corrected chi connectivity index (χ2v) is 7.44. The first-order chi connectivity index (χ1) is 14.9. The molecule has 0 radical (unpaired) electrons. The van der Waals surface area contributed by atoms with Crippen molar-refractivity contribution in [3.63, 3.8) is 0 Å². The average molecular weight is 443 g/mol. The fourth-order valence-corrected chi connectivity index (χ4v) is 3.25. The Morgan fingerprint density at radius 2 is 2.00 bits per heavy atom. The molecule has 1 amide bonds. The molecule has 0 unspecified atom stereocenters. The summed E-state index contributed by atoms with van der Waals surface area (Å²) in [7, 11) is 0. The summed E-state index contributed by atoms with van der Waals surface area (Å²) in [6.45, 7) is 6.18. The van der Waals surface area contributed by atoms with Crippen molar-refractivity contribution in [2.45, 2.75) is 51.6 Å². The average Bonchev–Trinajstić information content (AvgIpc) is 2.94. The monoisotopic (exact) mass is 442 g/mol. The van der Waals surface area contributed by atoms with Gasteiger partial charge in [-0.25, -0.2) is 4.98 Å². The molecule has 1 aliphatic rings. The van der Waals surface area contributed by atoms with Crippen molar-refractivity contribution in [3.05, 3.63) is 23.9 Å². The fraction of sp³-hybridized carbons (Fsp3) is 0.667.